The molecule has 0 amide bonds. The zero-order chi connectivity index (χ0) is 25.2. The minimum absolute atomic E-state index is 0.121. The van der Waals surface area contributed by atoms with E-state index in [0.29, 0.717) is 49.3 Å². The van der Waals surface area contributed by atoms with Crippen molar-refractivity contribution in [1.82, 2.24) is 24.9 Å². The van der Waals surface area contributed by atoms with E-state index in [1.165, 1.54) is 35.7 Å². The molecule has 0 radical (unpaired) electrons. The zero-order valence-corrected chi connectivity index (χ0v) is 21.4. The molecular formula is C24H22BFN6O2S2. The molecule has 0 bridgehead atoms. The van der Waals surface area contributed by atoms with Gasteiger partial charge in [-0.15, -0.1) is 11.8 Å². The highest BCUT2D eigenvalue weighted by Crippen LogP contribution is 2.39. The Kier molecular flexibility index (Phi) is 6.99. The van der Waals surface area contributed by atoms with Gasteiger partial charge in [0.1, 0.15) is 16.5 Å². The van der Waals surface area contributed by atoms with Crippen LogP contribution in [0.4, 0.5) is 10.1 Å². The Balaban J connectivity index is 1.64. The predicted octanol–water partition coefficient (Wildman–Crippen LogP) is 5.39. The van der Waals surface area contributed by atoms with E-state index in [1.54, 1.807) is 31.1 Å². The van der Waals surface area contributed by atoms with Crippen LogP contribution >= 0.6 is 23.5 Å². The van der Waals surface area contributed by atoms with Crippen LogP contribution in [0.1, 0.15) is 5.56 Å². The van der Waals surface area contributed by atoms with Crippen molar-refractivity contribution in [3.05, 3.63) is 66.2 Å². The predicted molar refractivity (Wildman–Crippen MR) is 143 cm³/mol. The lowest BCUT2D eigenvalue weighted by molar-refractivity contribution is 0.434. The summed E-state index contributed by atoms with van der Waals surface area (Å²) < 4.78 is 20.6. The number of ether oxygens (including phenoxy) is 1. The summed E-state index contributed by atoms with van der Waals surface area (Å²) in [5.41, 5.74) is 2.78. The van der Waals surface area contributed by atoms with Crippen molar-refractivity contribution in [2.45, 2.75) is 22.8 Å². The Bertz CT molecular complexity index is 1520. The number of halogens is 1. The highest BCUT2D eigenvalue weighted by molar-refractivity contribution is 7.98. The van der Waals surface area contributed by atoms with Crippen LogP contribution < -0.4 is 9.55 Å². The van der Waals surface area contributed by atoms with Gasteiger partial charge in [0, 0.05) is 11.1 Å². The number of hydrogen-bond acceptors (Lipinski definition) is 9. The third kappa shape index (κ3) is 4.97. The Labute approximate surface area is 215 Å². The molecule has 0 saturated carbocycles. The molecule has 5 aromatic rings. The van der Waals surface area contributed by atoms with Crippen molar-refractivity contribution in [2.24, 2.45) is 0 Å². The maximum absolute atomic E-state index is 14.7. The molecule has 0 aliphatic rings. The summed E-state index contributed by atoms with van der Waals surface area (Å²) in [5.74, 6) is 0.638. The molecule has 8 nitrogen and oxygen atoms in total. The van der Waals surface area contributed by atoms with Gasteiger partial charge in [0.2, 0.25) is 0 Å². The monoisotopic (exact) mass is 520 g/mol. The summed E-state index contributed by atoms with van der Waals surface area (Å²) in [4.78, 5) is 22.6. The fraction of sp³-hybridized carbons (Fsp3) is 0.167. The van der Waals surface area contributed by atoms with Crippen molar-refractivity contribution in [1.29, 1.82) is 0 Å². The number of benzene rings is 2. The second-order valence-electron chi connectivity index (χ2n) is 8.03. The summed E-state index contributed by atoms with van der Waals surface area (Å²) >= 11 is 2.94. The van der Waals surface area contributed by atoms with Crippen molar-refractivity contribution in [2.75, 3.05) is 18.1 Å². The van der Waals surface area contributed by atoms with Gasteiger partial charge in [-0.25, -0.2) is 14.4 Å². The normalized spacial score (nSPS) is 11.2. The molecule has 2 N–H and O–H groups in total. The third-order valence-corrected chi connectivity index (χ3v) is 7.23. The van der Waals surface area contributed by atoms with E-state index in [-0.39, 0.29) is 6.01 Å². The number of thioether (sulfide) groups is 2. The number of nitrogens with one attached hydrogen (secondary N) is 1. The van der Waals surface area contributed by atoms with Crippen LogP contribution in [-0.4, -0.2) is 50.3 Å². The van der Waals surface area contributed by atoms with Crippen LogP contribution in [0.15, 0.2) is 65.0 Å². The Morgan fingerprint density at radius 3 is 2.58 bits per heavy atom. The molecule has 0 atom stereocenters. The standard InChI is InChI=1S/C24H22BFN6O2S2/c1-25(33)32(2)18-10-15(26)9-17-19-21(29-20(17)18)30-23(34-16-11-27-24(35-3)28-12-16)31-22(19)36-13-14-7-5-4-6-8-14/h4-12,33H,13H2,1-3H3,(H,29,30,31). The SMILES string of the molecule is CSc1ncc(Oc2nc(SCc3ccccc3)c3c(n2)[nH]c2c(N(C)B(C)O)cc(F)cc23)cn1. The fourth-order valence-electron chi connectivity index (χ4n) is 3.72. The number of rotatable bonds is 8. The molecule has 182 valence electrons. The smallest absolute Gasteiger partial charge is 0.409 e. The fourth-order valence-corrected chi connectivity index (χ4v) is 5.02. The zero-order valence-electron chi connectivity index (χ0n) is 19.8. The Morgan fingerprint density at radius 1 is 1.14 bits per heavy atom. The molecule has 3 heterocycles. The molecule has 3 aromatic heterocycles. The van der Waals surface area contributed by atoms with Crippen LogP contribution in [-0.2, 0) is 5.75 Å². The molecule has 36 heavy (non-hydrogen) atoms. The molecule has 0 unspecified atom stereocenters. The topological polar surface area (TPSA) is 100 Å². The minimum Gasteiger partial charge on any atom is -0.432 e. The van der Waals surface area contributed by atoms with E-state index < -0.39 is 12.9 Å². The van der Waals surface area contributed by atoms with E-state index in [2.05, 4.69) is 24.9 Å². The van der Waals surface area contributed by atoms with Crippen molar-refractivity contribution in [3.63, 3.8) is 0 Å². The third-order valence-electron chi connectivity index (χ3n) is 5.61. The van der Waals surface area contributed by atoms with Gasteiger partial charge in [-0.2, -0.15) is 9.97 Å². The van der Waals surface area contributed by atoms with Crippen LogP contribution in [0.5, 0.6) is 11.8 Å². The first-order valence-corrected chi connectivity index (χ1v) is 13.3. The lowest BCUT2D eigenvalue weighted by Crippen LogP contribution is -2.33. The van der Waals surface area contributed by atoms with Crippen LogP contribution in [0.3, 0.4) is 0 Å². The summed E-state index contributed by atoms with van der Waals surface area (Å²) in [7, 11) is 0.885. The second-order valence-corrected chi connectivity index (χ2v) is 9.77. The lowest BCUT2D eigenvalue weighted by atomic mass is 9.85. The summed E-state index contributed by atoms with van der Waals surface area (Å²) in [6.45, 7) is 1.62. The van der Waals surface area contributed by atoms with Crippen molar-refractivity contribution < 1.29 is 14.2 Å². The van der Waals surface area contributed by atoms with Gasteiger partial charge in [-0.05, 0) is 37.8 Å². The summed E-state index contributed by atoms with van der Waals surface area (Å²) in [5, 5.41) is 12.7. The van der Waals surface area contributed by atoms with Crippen LogP contribution in [0.2, 0.25) is 6.82 Å². The van der Waals surface area contributed by atoms with Crippen LogP contribution in [0, 0.1) is 5.82 Å². The second kappa shape index (κ2) is 10.3. The largest absolute Gasteiger partial charge is 0.432 e. The highest BCUT2D eigenvalue weighted by atomic mass is 32.2. The highest BCUT2D eigenvalue weighted by Gasteiger charge is 2.22. The molecule has 5 rings (SSSR count). The van der Waals surface area contributed by atoms with Crippen molar-refractivity contribution in [3.8, 4) is 11.8 Å². The number of H-pyrrole nitrogens is 1. The number of fused-ring (bicyclic) bond motifs is 3. The maximum Gasteiger partial charge on any atom is 0.409 e. The number of aromatic nitrogens is 5. The van der Waals surface area contributed by atoms with E-state index in [4.69, 9.17) is 4.74 Å². The molecule has 0 fully saturated rings. The number of anilines is 1. The quantitative estimate of drug-likeness (QED) is 0.121. The Morgan fingerprint density at radius 2 is 1.89 bits per heavy atom. The first-order chi connectivity index (χ1) is 17.4. The molecule has 0 saturated heterocycles. The van der Waals surface area contributed by atoms with Crippen molar-refractivity contribution >= 4 is 58.2 Å². The van der Waals surface area contributed by atoms with E-state index >= 15 is 0 Å². The lowest BCUT2D eigenvalue weighted by Gasteiger charge is -2.20. The average molecular weight is 520 g/mol. The maximum atomic E-state index is 14.7. The molecule has 0 spiro atoms. The van der Waals surface area contributed by atoms with Gasteiger partial charge in [0.05, 0.1) is 29.0 Å². The van der Waals surface area contributed by atoms with Gasteiger partial charge in [0.15, 0.2) is 10.9 Å². The first-order valence-electron chi connectivity index (χ1n) is 11.1. The summed E-state index contributed by atoms with van der Waals surface area (Å²) in [6, 6.07) is 13.0. The number of nitrogens with zero attached hydrogens (tertiary/aromatic N) is 5. The van der Waals surface area contributed by atoms with Gasteiger partial charge in [-0.3, -0.25) is 0 Å². The first kappa shape index (κ1) is 24.4. The van der Waals surface area contributed by atoms with E-state index in [9.17, 15) is 9.41 Å². The molecule has 0 aliphatic heterocycles. The van der Waals surface area contributed by atoms with Gasteiger partial charge < -0.3 is 19.6 Å². The minimum atomic E-state index is -0.817. The van der Waals surface area contributed by atoms with E-state index in [0.717, 1.165) is 5.56 Å². The van der Waals surface area contributed by atoms with E-state index in [1.807, 2.05) is 36.6 Å². The Hall–Kier alpha value is -3.35. The number of aromatic amines is 1. The molecule has 12 heteroatoms. The number of hydrogen-bond donors (Lipinski definition) is 2. The molecular weight excluding hydrogens is 498 g/mol. The molecule has 2 aromatic carbocycles. The van der Waals surface area contributed by atoms with Gasteiger partial charge in [-0.1, -0.05) is 42.1 Å². The van der Waals surface area contributed by atoms with Crippen LogP contribution in [0.25, 0.3) is 21.9 Å². The van der Waals surface area contributed by atoms with Gasteiger partial charge in [0.25, 0.3) is 0 Å². The molecule has 0 aliphatic carbocycles. The van der Waals surface area contributed by atoms with Gasteiger partial charge >= 0.3 is 13.1 Å². The average Bonchev–Trinajstić information content (AvgIpc) is 3.25. The summed E-state index contributed by atoms with van der Waals surface area (Å²) in [6.07, 6.45) is 5.03.